The Morgan fingerprint density at radius 2 is 2.03 bits per heavy atom. The summed E-state index contributed by atoms with van der Waals surface area (Å²) in [6.07, 6.45) is 5.95. The molecule has 0 aromatic carbocycles. The van der Waals surface area contributed by atoms with Crippen molar-refractivity contribution in [1.29, 1.82) is 0 Å². The van der Waals surface area contributed by atoms with Crippen molar-refractivity contribution in [1.82, 2.24) is 28.9 Å². The van der Waals surface area contributed by atoms with Crippen LogP contribution >= 0.6 is 23.1 Å². The first-order valence-electron chi connectivity index (χ1n) is 8.48. The highest BCUT2D eigenvalue weighted by Crippen LogP contribution is 2.25. The molecule has 4 aromatic heterocycles. The van der Waals surface area contributed by atoms with Crippen molar-refractivity contribution in [2.24, 2.45) is 0 Å². The quantitative estimate of drug-likeness (QED) is 0.360. The van der Waals surface area contributed by atoms with Gasteiger partial charge in [-0.15, -0.1) is 0 Å². The Labute approximate surface area is 173 Å². The molecule has 0 fully saturated rings. The number of carbonyl (C=O) groups is 1. The smallest absolute Gasteiger partial charge is 0.343 e. The molecule has 0 amide bonds. The average Bonchev–Trinajstić information content (AvgIpc) is 3.18. The van der Waals surface area contributed by atoms with E-state index in [9.17, 15) is 9.59 Å². The molecule has 0 saturated carbocycles. The molecule has 0 saturated heterocycles. The second-order valence-corrected chi connectivity index (χ2v) is 7.07. The third-order valence-corrected chi connectivity index (χ3v) is 4.97. The van der Waals surface area contributed by atoms with E-state index in [0.717, 1.165) is 11.5 Å². The maximum Gasteiger partial charge on any atom is 0.343 e. The fourth-order valence-corrected chi connectivity index (χ4v) is 3.71. The lowest BCUT2D eigenvalue weighted by Crippen LogP contribution is -2.21. The predicted octanol–water partition coefficient (Wildman–Crippen LogP) is 2.83. The topological polar surface area (TPSA) is 113 Å². The molecule has 0 aliphatic rings. The Hall–Kier alpha value is -3.24. The van der Waals surface area contributed by atoms with Crippen LogP contribution in [-0.2, 0) is 4.74 Å². The molecular weight excluding hydrogens is 416 g/mol. The molecule has 0 aliphatic carbocycles. The third-order valence-electron chi connectivity index (χ3n) is 4.06. The van der Waals surface area contributed by atoms with Gasteiger partial charge in [-0.1, -0.05) is 11.6 Å². The van der Waals surface area contributed by atoms with Crippen LogP contribution in [0, 0.1) is 6.92 Å². The van der Waals surface area contributed by atoms with Crippen molar-refractivity contribution in [3.05, 3.63) is 57.5 Å². The fraction of sp³-hybridized carbons (Fsp3) is 0.167. The number of carbonyl (C=O) groups excluding carboxylic acids is 1. The number of esters is 1. The van der Waals surface area contributed by atoms with Gasteiger partial charge in [0.05, 0.1) is 17.6 Å². The van der Waals surface area contributed by atoms with Crippen molar-refractivity contribution in [3.8, 4) is 16.5 Å². The first kappa shape index (κ1) is 19.1. The SMILES string of the molecule is CCOC(=O)c1cn(-c2nc(-c3cncnc3)ns2)c2nc(Cl)cc(C)c2c1=O. The Morgan fingerprint density at radius 1 is 1.28 bits per heavy atom. The average molecular weight is 429 g/mol. The van der Waals surface area contributed by atoms with Gasteiger partial charge in [0.15, 0.2) is 11.5 Å². The molecule has 0 aliphatic heterocycles. The molecule has 4 aromatic rings. The summed E-state index contributed by atoms with van der Waals surface area (Å²) >= 11 is 7.19. The van der Waals surface area contributed by atoms with E-state index in [-0.39, 0.29) is 28.4 Å². The number of nitrogens with zero attached hydrogens (tertiary/aromatic N) is 6. The van der Waals surface area contributed by atoms with Gasteiger partial charge in [-0.3, -0.25) is 9.36 Å². The molecular formula is C18H13ClN6O3S. The van der Waals surface area contributed by atoms with Gasteiger partial charge in [0.2, 0.25) is 10.6 Å². The number of rotatable bonds is 4. The van der Waals surface area contributed by atoms with Crippen LogP contribution in [0.15, 0.2) is 35.8 Å². The van der Waals surface area contributed by atoms with Gasteiger partial charge in [-0.25, -0.2) is 19.7 Å². The van der Waals surface area contributed by atoms with Gasteiger partial charge in [0, 0.05) is 30.1 Å². The first-order chi connectivity index (χ1) is 14.0. The summed E-state index contributed by atoms with van der Waals surface area (Å²) in [7, 11) is 0. The number of pyridine rings is 2. The van der Waals surface area contributed by atoms with E-state index in [1.807, 2.05) is 0 Å². The van der Waals surface area contributed by atoms with Gasteiger partial charge >= 0.3 is 5.97 Å². The molecule has 0 unspecified atom stereocenters. The summed E-state index contributed by atoms with van der Waals surface area (Å²) in [5.74, 6) is -0.308. The highest BCUT2D eigenvalue weighted by atomic mass is 35.5. The monoisotopic (exact) mass is 428 g/mol. The number of hydrogen-bond donors (Lipinski definition) is 0. The Kier molecular flexibility index (Phi) is 5.03. The van der Waals surface area contributed by atoms with E-state index in [2.05, 4.69) is 24.3 Å². The number of aryl methyl sites for hydroxylation is 1. The van der Waals surface area contributed by atoms with Gasteiger partial charge in [0.1, 0.15) is 17.0 Å². The van der Waals surface area contributed by atoms with Crippen LogP contribution < -0.4 is 5.43 Å². The van der Waals surface area contributed by atoms with Crippen molar-refractivity contribution in [2.75, 3.05) is 6.61 Å². The molecule has 0 atom stereocenters. The van der Waals surface area contributed by atoms with E-state index >= 15 is 0 Å². The van der Waals surface area contributed by atoms with E-state index in [0.29, 0.717) is 22.1 Å². The summed E-state index contributed by atoms with van der Waals surface area (Å²) in [6.45, 7) is 3.54. The number of hydrogen-bond acceptors (Lipinski definition) is 9. The predicted molar refractivity (Wildman–Crippen MR) is 108 cm³/mol. The van der Waals surface area contributed by atoms with Crippen LogP contribution in [0.2, 0.25) is 5.15 Å². The third kappa shape index (κ3) is 3.47. The molecule has 0 N–H and O–H groups in total. The Bertz CT molecular complexity index is 1290. The van der Waals surface area contributed by atoms with Crippen LogP contribution in [0.1, 0.15) is 22.8 Å². The van der Waals surface area contributed by atoms with E-state index in [1.54, 1.807) is 32.3 Å². The van der Waals surface area contributed by atoms with Crippen molar-refractivity contribution in [3.63, 3.8) is 0 Å². The number of fused-ring (bicyclic) bond motifs is 1. The van der Waals surface area contributed by atoms with E-state index < -0.39 is 11.4 Å². The lowest BCUT2D eigenvalue weighted by molar-refractivity contribution is 0.0524. The van der Waals surface area contributed by atoms with E-state index in [1.165, 1.54) is 17.1 Å². The van der Waals surface area contributed by atoms with Crippen molar-refractivity contribution >= 4 is 40.1 Å². The second-order valence-electron chi connectivity index (χ2n) is 5.95. The summed E-state index contributed by atoms with van der Waals surface area (Å²) in [5, 5.41) is 0.876. The minimum Gasteiger partial charge on any atom is -0.462 e. The largest absolute Gasteiger partial charge is 0.462 e. The minimum absolute atomic E-state index is 0.119. The molecule has 29 heavy (non-hydrogen) atoms. The zero-order valence-corrected chi connectivity index (χ0v) is 16.9. The maximum absolute atomic E-state index is 12.9. The first-order valence-corrected chi connectivity index (χ1v) is 9.63. The van der Waals surface area contributed by atoms with Gasteiger partial charge in [-0.05, 0) is 25.5 Å². The standard InChI is InChI=1S/C18H13ClN6O3S/c1-3-28-17(27)11-7-25(16-13(14(11)26)9(2)4-12(19)22-16)18-23-15(24-29-18)10-5-20-8-21-6-10/h4-8H,3H2,1-2H3. The molecule has 4 heterocycles. The van der Waals surface area contributed by atoms with Crippen LogP contribution in [0.5, 0.6) is 0 Å². The second kappa shape index (κ2) is 7.64. The lowest BCUT2D eigenvalue weighted by atomic mass is 10.1. The van der Waals surface area contributed by atoms with Crippen LogP contribution in [0.4, 0.5) is 0 Å². The number of halogens is 1. The Balaban J connectivity index is 1.99. The molecule has 146 valence electrons. The minimum atomic E-state index is -0.719. The fourth-order valence-electron chi connectivity index (χ4n) is 2.80. The van der Waals surface area contributed by atoms with E-state index in [4.69, 9.17) is 16.3 Å². The Morgan fingerprint density at radius 3 is 2.76 bits per heavy atom. The zero-order chi connectivity index (χ0) is 20.5. The van der Waals surface area contributed by atoms with Crippen molar-refractivity contribution in [2.45, 2.75) is 13.8 Å². The summed E-state index contributed by atoms with van der Waals surface area (Å²) < 4.78 is 10.9. The van der Waals surface area contributed by atoms with Gasteiger partial charge < -0.3 is 4.74 Å². The van der Waals surface area contributed by atoms with Crippen LogP contribution in [0.3, 0.4) is 0 Å². The van der Waals surface area contributed by atoms with Gasteiger partial charge in [-0.2, -0.15) is 9.36 Å². The highest BCUT2D eigenvalue weighted by molar-refractivity contribution is 7.08. The summed E-state index contributed by atoms with van der Waals surface area (Å²) in [5.41, 5.74) is 0.906. The molecule has 4 rings (SSSR count). The van der Waals surface area contributed by atoms with Gasteiger partial charge in [0.25, 0.3) is 0 Å². The highest BCUT2D eigenvalue weighted by Gasteiger charge is 2.21. The zero-order valence-electron chi connectivity index (χ0n) is 15.3. The normalized spacial score (nSPS) is 11.0. The molecule has 11 heteroatoms. The number of ether oxygens (including phenoxy) is 1. The molecule has 0 bridgehead atoms. The van der Waals surface area contributed by atoms with Crippen LogP contribution in [-0.4, -0.2) is 41.5 Å². The summed E-state index contributed by atoms with van der Waals surface area (Å²) in [6, 6.07) is 1.57. The van der Waals surface area contributed by atoms with Crippen LogP contribution in [0.25, 0.3) is 27.6 Å². The number of aromatic nitrogens is 6. The summed E-state index contributed by atoms with van der Waals surface area (Å²) in [4.78, 5) is 42.0. The molecule has 0 radical (unpaired) electrons. The van der Waals surface area contributed by atoms with Crippen molar-refractivity contribution < 1.29 is 9.53 Å². The maximum atomic E-state index is 12.9. The molecule has 0 spiro atoms. The lowest BCUT2D eigenvalue weighted by Gasteiger charge is -2.11. The molecule has 9 nitrogen and oxygen atoms in total.